The molecule has 34 heavy (non-hydrogen) atoms. The van der Waals surface area contributed by atoms with Gasteiger partial charge in [0.2, 0.25) is 5.91 Å². The first-order chi connectivity index (χ1) is 16.3. The molecule has 8 heteroatoms. The molecule has 3 aromatic rings. The van der Waals surface area contributed by atoms with Gasteiger partial charge in [-0.3, -0.25) is 24.8 Å². The molecule has 0 saturated heterocycles. The van der Waals surface area contributed by atoms with E-state index < -0.39 is 11.0 Å². The van der Waals surface area contributed by atoms with Gasteiger partial charge in [0.1, 0.15) is 17.6 Å². The summed E-state index contributed by atoms with van der Waals surface area (Å²) in [5.74, 6) is 0.828. The number of non-ortho nitro benzene ring substituents is 1. The third-order valence-electron chi connectivity index (χ3n) is 5.80. The number of carbonyl (C=O) groups excluding carboxylic acids is 1. The molecule has 0 aliphatic carbocycles. The van der Waals surface area contributed by atoms with E-state index in [9.17, 15) is 14.9 Å². The zero-order valence-corrected chi connectivity index (χ0v) is 19.8. The summed E-state index contributed by atoms with van der Waals surface area (Å²) in [7, 11) is 1.61. The lowest BCUT2D eigenvalue weighted by Crippen LogP contribution is -2.40. The zero-order valence-electron chi connectivity index (χ0n) is 19.0. The van der Waals surface area contributed by atoms with Gasteiger partial charge in [-0.1, -0.05) is 49.7 Å². The largest absolute Gasteiger partial charge is 0.497 e. The van der Waals surface area contributed by atoms with Crippen LogP contribution in [-0.4, -0.2) is 28.7 Å². The number of amides is 1. The second kappa shape index (κ2) is 9.65. The maximum absolute atomic E-state index is 13.5. The van der Waals surface area contributed by atoms with Crippen LogP contribution in [0.25, 0.3) is 0 Å². The number of amidine groups is 1. The first-order valence-electron chi connectivity index (χ1n) is 10.8. The molecule has 0 fully saturated rings. The van der Waals surface area contributed by atoms with Crippen molar-refractivity contribution in [3.63, 3.8) is 0 Å². The number of nitro benzene ring substituents is 1. The van der Waals surface area contributed by atoms with Gasteiger partial charge in [-0.05, 0) is 47.5 Å². The van der Waals surface area contributed by atoms with Crippen molar-refractivity contribution in [1.82, 2.24) is 4.90 Å². The maximum Gasteiger partial charge on any atom is 0.269 e. The number of rotatable bonds is 6. The van der Waals surface area contributed by atoms with Gasteiger partial charge < -0.3 is 4.74 Å². The standard InChI is InChI=1S/C26H24ClN3O4/c1-16(2)26(31)29-24(18-4-10-20(27)11-5-18)23(17-8-14-22(34-3)15-9-17)28-25(29)19-6-12-21(13-7-19)30(32)33/h4-16,23-24H,1-3H3/t23-,24+/m1/s1. The molecular weight excluding hydrogens is 454 g/mol. The third-order valence-corrected chi connectivity index (χ3v) is 6.06. The summed E-state index contributed by atoms with van der Waals surface area (Å²) in [6.45, 7) is 3.69. The van der Waals surface area contributed by atoms with Crippen molar-refractivity contribution < 1.29 is 14.5 Å². The van der Waals surface area contributed by atoms with E-state index >= 15 is 0 Å². The molecule has 0 radical (unpaired) electrons. The van der Waals surface area contributed by atoms with Crippen LogP contribution in [0.1, 0.15) is 42.6 Å². The van der Waals surface area contributed by atoms with Gasteiger partial charge in [0.15, 0.2) is 0 Å². The van der Waals surface area contributed by atoms with E-state index in [0.717, 1.165) is 16.9 Å². The van der Waals surface area contributed by atoms with E-state index in [-0.39, 0.29) is 23.6 Å². The molecule has 4 rings (SSSR count). The summed E-state index contributed by atoms with van der Waals surface area (Å²) < 4.78 is 5.30. The summed E-state index contributed by atoms with van der Waals surface area (Å²) in [5.41, 5.74) is 2.42. The fraction of sp³-hybridized carbons (Fsp3) is 0.231. The molecule has 0 unspecified atom stereocenters. The Morgan fingerprint density at radius 3 is 2.12 bits per heavy atom. The van der Waals surface area contributed by atoms with Crippen LogP contribution in [0, 0.1) is 16.0 Å². The Kier molecular flexibility index (Phi) is 6.65. The van der Waals surface area contributed by atoms with Crippen LogP contribution in [0.2, 0.25) is 5.02 Å². The molecular formula is C26H24ClN3O4. The van der Waals surface area contributed by atoms with Crippen LogP contribution < -0.4 is 4.74 Å². The minimum Gasteiger partial charge on any atom is -0.497 e. The zero-order chi connectivity index (χ0) is 24.4. The minimum atomic E-state index is -0.450. The molecule has 1 heterocycles. The fourth-order valence-corrected chi connectivity index (χ4v) is 4.18. The Bertz CT molecular complexity index is 1220. The Labute approximate surface area is 202 Å². The van der Waals surface area contributed by atoms with Gasteiger partial charge in [0, 0.05) is 28.6 Å². The second-order valence-electron chi connectivity index (χ2n) is 8.33. The fourth-order valence-electron chi connectivity index (χ4n) is 4.05. The van der Waals surface area contributed by atoms with Gasteiger partial charge in [0.05, 0.1) is 18.1 Å². The highest BCUT2D eigenvalue weighted by molar-refractivity contribution is 6.30. The van der Waals surface area contributed by atoms with Crippen molar-refractivity contribution in [2.75, 3.05) is 7.11 Å². The lowest BCUT2D eigenvalue weighted by Gasteiger charge is -2.31. The molecule has 3 aromatic carbocycles. The van der Waals surface area contributed by atoms with Gasteiger partial charge in [0.25, 0.3) is 5.69 Å². The first-order valence-corrected chi connectivity index (χ1v) is 11.2. The molecule has 174 valence electrons. The number of nitrogens with zero attached hydrogens (tertiary/aromatic N) is 3. The number of methoxy groups -OCH3 is 1. The highest BCUT2D eigenvalue weighted by Gasteiger charge is 2.42. The van der Waals surface area contributed by atoms with Crippen LogP contribution in [0.4, 0.5) is 5.69 Å². The predicted molar refractivity (Wildman–Crippen MR) is 131 cm³/mol. The van der Waals surface area contributed by atoms with Gasteiger partial charge in [-0.2, -0.15) is 0 Å². The normalized spacial score (nSPS) is 17.6. The first kappa shape index (κ1) is 23.4. The molecule has 7 nitrogen and oxygen atoms in total. The SMILES string of the molecule is COc1ccc([C@H]2N=C(c3ccc([N+](=O)[O-])cc3)N(C(=O)C(C)C)[C@H]2c2ccc(Cl)cc2)cc1. The van der Waals surface area contributed by atoms with Crippen LogP contribution in [0.3, 0.4) is 0 Å². The molecule has 0 spiro atoms. The Morgan fingerprint density at radius 1 is 1.00 bits per heavy atom. The number of halogens is 1. The number of benzene rings is 3. The van der Waals surface area contributed by atoms with Crippen LogP contribution in [0.15, 0.2) is 77.8 Å². The van der Waals surface area contributed by atoms with Crippen LogP contribution in [0.5, 0.6) is 5.75 Å². The minimum absolute atomic E-state index is 0.0231. The maximum atomic E-state index is 13.5. The van der Waals surface area contributed by atoms with E-state index in [1.165, 1.54) is 12.1 Å². The monoisotopic (exact) mass is 477 g/mol. The van der Waals surface area contributed by atoms with E-state index in [1.807, 2.05) is 50.2 Å². The van der Waals surface area contributed by atoms with Crippen molar-refractivity contribution in [1.29, 1.82) is 0 Å². The number of hydrogen-bond acceptors (Lipinski definition) is 5. The predicted octanol–water partition coefficient (Wildman–Crippen LogP) is 5.98. The third kappa shape index (κ3) is 4.52. The van der Waals surface area contributed by atoms with Crippen molar-refractivity contribution in [2.24, 2.45) is 10.9 Å². The molecule has 1 aliphatic rings. The molecule has 0 aromatic heterocycles. The summed E-state index contributed by atoms with van der Waals surface area (Å²) in [6, 6.07) is 20.3. The molecule has 2 atom stereocenters. The smallest absolute Gasteiger partial charge is 0.269 e. The van der Waals surface area contributed by atoms with Crippen LogP contribution in [-0.2, 0) is 4.79 Å². The highest BCUT2D eigenvalue weighted by atomic mass is 35.5. The van der Waals surface area contributed by atoms with Gasteiger partial charge in [-0.25, -0.2) is 0 Å². The van der Waals surface area contributed by atoms with Gasteiger partial charge >= 0.3 is 0 Å². The Hall–Kier alpha value is -3.71. The van der Waals surface area contributed by atoms with E-state index in [1.54, 1.807) is 36.3 Å². The average Bonchev–Trinajstić information content (AvgIpc) is 3.24. The van der Waals surface area contributed by atoms with Gasteiger partial charge in [-0.15, -0.1) is 0 Å². The molecule has 1 amide bonds. The molecule has 0 N–H and O–H groups in total. The van der Waals surface area contributed by atoms with Crippen molar-refractivity contribution in [2.45, 2.75) is 25.9 Å². The second-order valence-corrected chi connectivity index (χ2v) is 8.77. The molecule has 0 saturated carbocycles. The number of carbonyl (C=O) groups is 1. The van der Waals surface area contributed by atoms with E-state index in [4.69, 9.17) is 21.3 Å². The summed E-state index contributed by atoms with van der Waals surface area (Å²) in [5, 5.41) is 11.7. The summed E-state index contributed by atoms with van der Waals surface area (Å²) in [4.78, 5) is 30.9. The average molecular weight is 478 g/mol. The summed E-state index contributed by atoms with van der Waals surface area (Å²) in [6.07, 6.45) is 0. The lowest BCUT2D eigenvalue weighted by molar-refractivity contribution is -0.384. The van der Waals surface area contributed by atoms with E-state index in [0.29, 0.717) is 16.4 Å². The van der Waals surface area contributed by atoms with Crippen molar-refractivity contribution >= 4 is 29.0 Å². The quantitative estimate of drug-likeness (QED) is 0.322. The van der Waals surface area contributed by atoms with Crippen molar-refractivity contribution in [3.05, 3.63) is 105 Å². The van der Waals surface area contributed by atoms with E-state index in [2.05, 4.69) is 0 Å². The number of aliphatic imine (C=N–C) groups is 1. The lowest BCUT2D eigenvalue weighted by atomic mass is 9.93. The molecule has 1 aliphatic heterocycles. The highest BCUT2D eigenvalue weighted by Crippen LogP contribution is 2.44. The van der Waals surface area contributed by atoms with Crippen LogP contribution >= 0.6 is 11.6 Å². The molecule has 0 bridgehead atoms. The Morgan fingerprint density at radius 2 is 1.59 bits per heavy atom. The number of nitro groups is 1. The number of ether oxygens (including phenoxy) is 1. The Balaban J connectivity index is 1.88. The topological polar surface area (TPSA) is 85.0 Å². The number of hydrogen-bond donors (Lipinski definition) is 0. The summed E-state index contributed by atoms with van der Waals surface area (Å²) >= 11 is 6.14. The van der Waals surface area contributed by atoms with Crippen molar-refractivity contribution in [3.8, 4) is 5.75 Å².